The van der Waals surface area contributed by atoms with Gasteiger partial charge in [-0.25, -0.2) is 0 Å². The molecule has 1 N–H and O–H groups in total. The molecule has 1 aliphatic rings. The first-order valence-electron chi connectivity index (χ1n) is 9.79. The summed E-state index contributed by atoms with van der Waals surface area (Å²) in [5.74, 6) is 0. The van der Waals surface area contributed by atoms with Gasteiger partial charge in [0.2, 0.25) is 0 Å². The van der Waals surface area contributed by atoms with Gasteiger partial charge in [-0.1, -0.05) is 41.9 Å². The van der Waals surface area contributed by atoms with Gasteiger partial charge in [-0.05, 0) is 55.7 Å². The number of hydrogen-bond acceptors (Lipinski definition) is 2. The quantitative estimate of drug-likeness (QED) is 0.567. The van der Waals surface area contributed by atoms with Crippen molar-refractivity contribution in [1.82, 2.24) is 9.88 Å². The summed E-state index contributed by atoms with van der Waals surface area (Å²) in [6, 6.07) is 16.5. The van der Waals surface area contributed by atoms with E-state index in [2.05, 4.69) is 78.6 Å². The third-order valence-electron chi connectivity index (χ3n) is 5.48. The zero-order valence-corrected chi connectivity index (χ0v) is 17.2. The molecule has 0 spiro atoms. The largest absolute Gasteiger partial charge is 0.368 e. The molecule has 4 rings (SSSR count). The molecule has 0 saturated carbocycles. The van der Waals surface area contributed by atoms with Crippen LogP contribution in [0.25, 0.3) is 10.9 Å². The summed E-state index contributed by atoms with van der Waals surface area (Å²) in [6.07, 6.45) is 8.36. The van der Waals surface area contributed by atoms with Crippen molar-refractivity contribution < 1.29 is 0 Å². The molecule has 28 heavy (non-hydrogen) atoms. The van der Waals surface area contributed by atoms with Crippen molar-refractivity contribution >= 4 is 28.2 Å². The molecule has 144 valence electrons. The highest BCUT2D eigenvalue weighted by atomic mass is 35.5. The first-order chi connectivity index (χ1) is 13.5. The SMILES string of the molecule is CC1(C)CC(=NCCc2c[nH]c3ccccc23)C=CN1Cc1ccc(Cl)cc1. The van der Waals surface area contributed by atoms with Crippen LogP contribution in [-0.2, 0) is 13.0 Å². The molecule has 3 nitrogen and oxygen atoms in total. The Hall–Kier alpha value is -2.52. The Morgan fingerprint density at radius 2 is 1.89 bits per heavy atom. The Labute approximate surface area is 171 Å². The topological polar surface area (TPSA) is 31.4 Å². The van der Waals surface area contributed by atoms with Gasteiger partial charge in [0, 0.05) is 59.1 Å². The summed E-state index contributed by atoms with van der Waals surface area (Å²) in [7, 11) is 0. The summed E-state index contributed by atoms with van der Waals surface area (Å²) in [6.45, 7) is 6.25. The first-order valence-corrected chi connectivity index (χ1v) is 10.2. The Kier molecular flexibility index (Phi) is 5.27. The standard InChI is InChI=1S/C24H26ClN3/c1-24(2)15-21(12-14-28(24)17-18-7-9-20(25)10-8-18)26-13-11-19-16-27-23-6-4-3-5-22(19)23/h3-10,12,14,16,27H,11,13,15,17H2,1-2H3. The zero-order valence-electron chi connectivity index (χ0n) is 16.5. The number of para-hydroxylation sites is 1. The number of aromatic amines is 1. The maximum atomic E-state index is 6.00. The average Bonchev–Trinajstić information content (AvgIpc) is 3.08. The summed E-state index contributed by atoms with van der Waals surface area (Å²) >= 11 is 6.00. The van der Waals surface area contributed by atoms with Crippen LogP contribution in [0.5, 0.6) is 0 Å². The fourth-order valence-corrected chi connectivity index (χ4v) is 3.93. The van der Waals surface area contributed by atoms with Crippen LogP contribution in [0.2, 0.25) is 5.02 Å². The molecule has 2 heterocycles. The number of H-pyrrole nitrogens is 1. The Morgan fingerprint density at radius 1 is 1.11 bits per heavy atom. The highest BCUT2D eigenvalue weighted by Gasteiger charge is 2.28. The van der Waals surface area contributed by atoms with Crippen molar-refractivity contribution in [2.24, 2.45) is 4.99 Å². The molecule has 0 bridgehead atoms. The molecule has 0 aliphatic carbocycles. The predicted octanol–water partition coefficient (Wildman–Crippen LogP) is 6.00. The van der Waals surface area contributed by atoms with Crippen LogP contribution < -0.4 is 0 Å². The number of nitrogens with zero attached hydrogens (tertiary/aromatic N) is 2. The number of fused-ring (bicyclic) bond motifs is 1. The van der Waals surface area contributed by atoms with Crippen LogP contribution >= 0.6 is 11.6 Å². The van der Waals surface area contributed by atoms with E-state index in [0.717, 1.165) is 31.0 Å². The van der Waals surface area contributed by atoms with Gasteiger partial charge in [0.25, 0.3) is 0 Å². The van der Waals surface area contributed by atoms with Crippen LogP contribution in [0.15, 0.2) is 72.0 Å². The number of nitrogens with one attached hydrogen (secondary N) is 1. The van der Waals surface area contributed by atoms with E-state index < -0.39 is 0 Å². The minimum absolute atomic E-state index is 0.0357. The molecule has 0 radical (unpaired) electrons. The molecule has 1 aliphatic heterocycles. The lowest BCUT2D eigenvalue weighted by atomic mass is 9.91. The highest BCUT2D eigenvalue weighted by Crippen LogP contribution is 2.27. The molecule has 0 atom stereocenters. The third kappa shape index (κ3) is 4.15. The molecule has 0 fully saturated rings. The molecular weight excluding hydrogens is 366 g/mol. The minimum Gasteiger partial charge on any atom is -0.368 e. The van der Waals surface area contributed by atoms with Gasteiger partial charge in [-0.15, -0.1) is 0 Å². The number of allylic oxidation sites excluding steroid dienone is 1. The minimum atomic E-state index is 0.0357. The fraction of sp³-hybridized carbons (Fsp3) is 0.292. The average molecular weight is 392 g/mol. The lowest BCUT2D eigenvalue weighted by Crippen LogP contribution is -2.44. The molecular formula is C24H26ClN3. The van der Waals surface area contributed by atoms with Crippen molar-refractivity contribution in [1.29, 1.82) is 0 Å². The van der Waals surface area contributed by atoms with Crippen LogP contribution in [0.4, 0.5) is 0 Å². The normalized spacial score (nSPS) is 17.5. The Bertz CT molecular complexity index is 1010. The van der Waals surface area contributed by atoms with Crippen molar-refractivity contribution in [3.05, 3.63) is 83.2 Å². The number of hydrogen-bond donors (Lipinski definition) is 1. The molecule has 3 aromatic rings. The van der Waals surface area contributed by atoms with Gasteiger partial charge in [0.05, 0.1) is 0 Å². The van der Waals surface area contributed by atoms with Gasteiger partial charge < -0.3 is 9.88 Å². The molecule has 0 unspecified atom stereocenters. The lowest BCUT2D eigenvalue weighted by Gasteiger charge is -2.41. The monoisotopic (exact) mass is 391 g/mol. The third-order valence-corrected chi connectivity index (χ3v) is 5.73. The van der Waals surface area contributed by atoms with Crippen molar-refractivity contribution in [2.45, 2.75) is 38.8 Å². The van der Waals surface area contributed by atoms with E-state index in [4.69, 9.17) is 16.6 Å². The lowest BCUT2D eigenvalue weighted by molar-refractivity contribution is 0.179. The van der Waals surface area contributed by atoms with Crippen LogP contribution in [0.3, 0.4) is 0 Å². The van der Waals surface area contributed by atoms with E-state index in [1.54, 1.807) is 0 Å². The van der Waals surface area contributed by atoms with E-state index in [0.29, 0.717) is 0 Å². The maximum absolute atomic E-state index is 6.00. The fourth-order valence-electron chi connectivity index (χ4n) is 3.80. The molecule has 2 aromatic carbocycles. The number of halogens is 1. The summed E-state index contributed by atoms with van der Waals surface area (Å²) in [5, 5.41) is 2.08. The smallest absolute Gasteiger partial charge is 0.0456 e. The number of aliphatic imine (C=N–C) groups is 1. The molecule has 4 heteroatoms. The summed E-state index contributed by atoms with van der Waals surface area (Å²) < 4.78 is 0. The van der Waals surface area contributed by atoms with Crippen LogP contribution in [0, 0.1) is 0 Å². The van der Waals surface area contributed by atoms with Gasteiger partial charge in [0.15, 0.2) is 0 Å². The van der Waals surface area contributed by atoms with Gasteiger partial charge >= 0.3 is 0 Å². The van der Waals surface area contributed by atoms with E-state index in [-0.39, 0.29) is 5.54 Å². The number of rotatable bonds is 5. The summed E-state index contributed by atoms with van der Waals surface area (Å²) in [4.78, 5) is 10.6. The van der Waals surface area contributed by atoms with Crippen LogP contribution in [-0.4, -0.2) is 27.7 Å². The van der Waals surface area contributed by atoms with E-state index in [9.17, 15) is 0 Å². The maximum Gasteiger partial charge on any atom is 0.0456 e. The van der Waals surface area contributed by atoms with Crippen molar-refractivity contribution in [3.8, 4) is 0 Å². The zero-order chi connectivity index (χ0) is 19.6. The van der Waals surface area contributed by atoms with Crippen molar-refractivity contribution in [3.63, 3.8) is 0 Å². The van der Waals surface area contributed by atoms with E-state index in [1.165, 1.54) is 27.7 Å². The highest BCUT2D eigenvalue weighted by molar-refractivity contribution is 6.30. The van der Waals surface area contributed by atoms with Gasteiger partial charge in [0.1, 0.15) is 0 Å². The molecule has 0 saturated heterocycles. The summed E-state index contributed by atoms with van der Waals surface area (Å²) in [5.41, 5.74) is 5.01. The van der Waals surface area contributed by atoms with E-state index in [1.807, 2.05) is 12.1 Å². The van der Waals surface area contributed by atoms with Crippen LogP contribution in [0.1, 0.15) is 31.4 Å². The van der Waals surface area contributed by atoms with E-state index >= 15 is 0 Å². The molecule has 0 amide bonds. The number of benzene rings is 2. The Morgan fingerprint density at radius 3 is 2.68 bits per heavy atom. The second-order valence-corrected chi connectivity index (χ2v) is 8.48. The second-order valence-electron chi connectivity index (χ2n) is 8.04. The number of aromatic nitrogens is 1. The molecule has 1 aromatic heterocycles. The Balaban J connectivity index is 1.41. The second kappa shape index (κ2) is 7.84. The van der Waals surface area contributed by atoms with Gasteiger partial charge in [-0.2, -0.15) is 0 Å². The predicted molar refractivity (Wildman–Crippen MR) is 119 cm³/mol. The first kappa shape index (κ1) is 18.8. The van der Waals surface area contributed by atoms with Gasteiger partial charge in [-0.3, -0.25) is 4.99 Å². The van der Waals surface area contributed by atoms with Crippen molar-refractivity contribution in [2.75, 3.05) is 6.54 Å².